The van der Waals surface area contributed by atoms with Gasteiger partial charge in [0.2, 0.25) is 5.91 Å². The quantitative estimate of drug-likeness (QED) is 0.577. The Kier molecular flexibility index (Phi) is 7.26. The summed E-state index contributed by atoms with van der Waals surface area (Å²) in [5.41, 5.74) is -1.71. The molecule has 0 saturated carbocycles. The van der Waals surface area contributed by atoms with Crippen molar-refractivity contribution in [2.24, 2.45) is 0 Å². The second kappa shape index (κ2) is 10.0. The summed E-state index contributed by atoms with van der Waals surface area (Å²) in [6, 6.07) is 7.66. The highest BCUT2D eigenvalue weighted by atomic mass is 32.2. The Morgan fingerprint density at radius 2 is 1.82 bits per heavy atom. The number of sulfonamides is 1. The Bertz CT molecular complexity index is 1340. The third kappa shape index (κ3) is 6.14. The molecule has 0 aliphatic carbocycles. The van der Waals surface area contributed by atoms with Crippen molar-refractivity contribution in [2.45, 2.75) is 56.4 Å². The summed E-state index contributed by atoms with van der Waals surface area (Å²) < 4.78 is 79.4. The number of rotatable bonds is 5. The molecule has 13 heteroatoms. The van der Waals surface area contributed by atoms with E-state index in [1.165, 1.54) is 18.2 Å². The van der Waals surface area contributed by atoms with Gasteiger partial charge in [-0.15, -0.1) is 0 Å². The second-order valence-corrected chi connectivity index (χ2v) is 11.9. The van der Waals surface area contributed by atoms with Crippen LogP contribution in [0.2, 0.25) is 0 Å². The number of halogens is 3. The molecule has 2 heterocycles. The molecule has 1 N–H and O–H groups in total. The van der Waals surface area contributed by atoms with Crippen LogP contribution in [0.1, 0.15) is 39.2 Å². The van der Waals surface area contributed by atoms with Gasteiger partial charge in [-0.05, 0) is 63.6 Å². The fraction of sp³-hybridized carbons (Fsp3) is 0.440. The highest BCUT2D eigenvalue weighted by Crippen LogP contribution is 2.40. The second-order valence-electron chi connectivity index (χ2n) is 10.0. The summed E-state index contributed by atoms with van der Waals surface area (Å²) in [4.78, 5) is 25.9. The van der Waals surface area contributed by atoms with Gasteiger partial charge < -0.3 is 14.4 Å². The number of likely N-dealkylation sites (tertiary alicyclic amines) is 1. The van der Waals surface area contributed by atoms with Gasteiger partial charge in [-0.2, -0.15) is 13.2 Å². The minimum absolute atomic E-state index is 0.00335. The van der Waals surface area contributed by atoms with Gasteiger partial charge in [-0.25, -0.2) is 13.2 Å². The van der Waals surface area contributed by atoms with Crippen molar-refractivity contribution in [1.82, 2.24) is 4.90 Å². The van der Waals surface area contributed by atoms with Gasteiger partial charge in [0.1, 0.15) is 17.5 Å². The number of ether oxygens (including phenoxy) is 2. The van der Waals surface area contributed by atoms with E-state index in [4.69, 9.17) is 9.47 Å². The Balaban J connectivity index is 1.70. The first kappa shape index (κ1) is 27.6. The molecule has 2 amide bonds. The molecule has 2 aromatic rings. The molecule has 2 aliphatic rings. The summed E-state index contributed by atoms with van der Waals surface area (Å²) in [6.07, 6.45) is -5.62. The van der Waals surface area contributed by atoms with Crippen LogP contribution in [0.25, 0.3) is 0 Å². The van der Waals surface area contributed by atoms with Crippen molar-refractivity contribution in [3.05, 3.63) is 48.0 Å². The Hall–Kier alpha value is -3.48. The summed E-state index contributed by atoms with van der Waals surface area (Å²) >= 11 is 0. The van der Waals surface area contributed by atoms with Gasteiger partial charge in [0.25, 0.3) is 10.0 Å². The smallest absolute Gasteiger partial charge is 0.416 e. The van der Waals surface area contributed by atoms with Crippen LogP contribution in [0.15, 0.2) is 47.4 Å². The van der Waals surface area contributed by atoms with Crippen molar-refractivity contribution in [3.63, 3.8) is 0 Å². The Morgan fingerprint density at radius 3 is 2.42 bits per heavy atom. The van der Waals surface area contributed by atoms with E-state index < -0.39 is 44.5 Å². The minimum Gasteiger partial charge on any atom is -0.486 e. The maximum absolute atomic E-state index is 13.7. The number of carbonyl (C=O) groups is 2. The van der Waals surface area contributed by atoms with Gasteiger partial charge in [-0.3, -0.25) is 14.4 Å². The topological polar surface area (TPSA) is 105 Å². The van der Waals surface area contributed by atoms with Crippen molar-refractivity contribution in [1.29, 1.82) is 0 Å². The zero-order valence-electron chi connectivity index (χ0n) is 21.0. The van der Waals surface area contributed by atoms with Crippen molar-refractivity contribution in [3.8, 4) is 5.75 Å². The monoisotopic (exact) mass is 555 g/mol. The van der Waals surface area contributed by atoms with Crippen molar-refractivity contribution in [2.75, 3.05) is 29.3 Å². The molecule has 0 radical (unpaired) electrons. The fourth-order valence-electron chi connectivity index (χ4n) is 3.99. The van der Waals surface area contributed by atoms with Crippen molar-refractivity contribution >= 4 is 33.4 Å². The number of fused-ring (bicyclic) bond motifs is 1. The van der Waals surface area contributed by atoms with Gasteiger partial charge in [0.15, 0.2) is 0 Å². The highest BCUT2D eigenvalue weighted by Gasteiger charge is 2.38. The average molecular weight is 556 g/mol. The summed E-state index contributed by atoms with van der Waals surface area (Å²) in [5.74, 6) is -0.104. The summed E-state index contributed by atoms with van der Waals surface area (Å²) in [5, 5.41) is 2.52. The molecular formula is C25H28F3N3O6S. The third-order valence-corrected chi connectivity index (χ3v) is 7.67. The van der Waals surface area contributed by atoms with Gasteiger partial charge in [0.05, 0.1) is 29.1 Å². The molecule has 2 aliphatic heterocycles. The lowest BCUT2D eigenvalue weighted by atomic mass is 10.1. The van der Waals surface area contributed by atoms with Gasteiger partial charge in [-0.1, -0.05) is 6.07 Å². The average Bonchev–Trinajstić information content (AvgIpc) is 2.75. The lowest BCUT2D eigenvalue weighted by Gasteiger charge is -2.37. The number of nitrogens with zero attached hydrogens (tertiary/aromatic N) is 2. The first-order valence-corrected chi connectivity index (χ1v) is 13.4. The van der Waals surface area contributed by atoms with Crippen LogP contribution in [-0.4, -0.2) is 56.7 Å². The number of carbonyl (C=O) groups excluding carboxylic acids is 2. The molecular weight excluding hydrogens is 527 g/mol. The largest absolute Gasteiger partial charge is 0.486 e. The number of anilines is 2. The standard InChI is InChI=1S/C25H28F3N3O6S/c1-24(2,3)37-23(33)29-17-8-9-21-20(13-17)31(15-18(36-21)14-22(32)30-10-5-11-30)38(34,35)19-7-4-6-16(12-19)25(26,27)28/h4,6-9,12-13,18H,5,10-11,14-15H2,1-3H3,(H,29,33)/t18-/m0/s1. The molecule has 2 aromatic carbocycles. The predicted octanol–water partition coefficient (Wildman–Crippen LogP) is 4.63. The van der Waals surface area contributed by atoms with Crippen LogP contribution >= 0.6 is 0 Å². The SMILES string of the molecule is CC(C)(C)OC(=O)Nc1ccc2c(c1)N(S(=O)(=O)c1cccc(C(F)(F)F)c1)C[C@H](CC(=O)N1CCC1)O2. The van der Waals surface area contributed by atoms with Crippen molar-refractivity contribution < 1.29 is 40.7 Å². The zero-order valence-corrected chi connectivity index (χ0v) is 21.9. The third-order valence-electron chi connectivity index (χ3n) is 5.90. The first-order valence-electron chi connectivity index (χ1n) is 11.9. The lowest BCUT2D eigenvalue weighted by Crippen LogP contribution is -2.48. The maximum atomic E-state index is 13.7. The normalized spacial score (nSPS) is 17.7. The molecule has 1 atom stereocenters. The van der Waals surface area contributed by atoms with E-state index in [9.17, 15) is 31.2 Å². The molecule has 206 valence electrons. The first-order chi connectivity index (χ1) is 17.6. The molecule has 0 bridgehead atoms. The van der Waals surface area contributed by atoms with Gasteiger partial charge >= 0.3 is 12.3 Å². The predicted molar refractivity (Wildman–Crippen MR) is 133 cm³/mol. The number of alkyl halides is 3. The molecule has 0 spiro atoms. The molecule has 0 unspecified atom stereocenters. The number of nitrogens with one attached hydrogen (secondary N) is 1. The number of benzene rings is 2. The van der Waals surface area contributed by atoms with Crippen LogP contribution in [-0.2, 0) is 25.7 Å². The number of hydrogen-bond acceptors (Lipinski definition) is 6. The van der Waals surface area contributed by atoms with E-state index in [0.29, 0.717) is 19.2 Å². The van der Waals surface area contributed by atoms with Crippen LogP contribution in [0.3, 0.4) is 0 Å². The van der Waals surface area contributed by atoms with Crippen LogP contribution in [0, 0.1) is 0 Å². The van der Waals surface area contributed by atoms with Gasteiger partial charge in [0, 0.05) is 18.8 Å². The summed E-state index contributed by atoms with van der Waals surface area (Å²) in [7, 11) is -4.53. The highest BCUT2D eigenvalue weighted by molar-refractivity contribution is 7.92. The molecule has 1 saturated heterocycles. The number of amides is 2. The van der Waals surface area contributed by atoms with Crippen LogP contribution < -0.4 is 14.4 Å². The number of hydrogen-bond donors (Lipinski definition) is 1. The zero-order chi connectivity index (χ0) is 27.9. The Morgan fingerprint density at radius 1 is 1.11 bits per heavy atom. The maximum Gasteiger partial charge on any atom is 0.416 e. The van der Waals surface area contributed by atoms with E-state index in [2.05, 4.69) is 5.32 Å². The molecule has 9 nitrogen and oxygen atoms in total. The van der Waals surface area contributed by atoms with E-state index in [1.54, 1.807) is 25.7 Å². The lowest BCUT2D eigenvalue weighted by molar-refractivity contribution is -0.138. The van der Waals surface area contributed by atoms with E-state index in [-0.39, 0.29) is 36.0 Å². The molecule has 0 aromatic heterocycles. The molecule has 4 rings (SSSR count). The van der Waals surface area contributed by atoms with E-state index in [1.807, 2.05) is 0 Å². The summed E-state index contributed by atoms with van der Waals surface area (Å²) in [6.45, 7) is 5.93. The van der Waals surface area contributed by atoms with E-state index >= 15 is 0 Å². The van der Waals surface area contributed by atoms with E-state index in [0.717, 1.165) is 28.9 Å². The fourth-order valence-corrected chi connectivity index (χ4v) is 5.54. The molecule has 38 heavy (non-hydrogen) atoms. The Labute approximate surface area is 218 Å². The minimum atomic E-state index is -4.74. The molecule has 1 fully saturated rings. The van der Waals surface area contributed by atoms with Crippen LogP contribution in [0.4, 0.5) is 29.3 Å². The van der Waals surface area contributed by atoms with Crippen LogP contribution in [0.5, 0.6) is 5.75 Å².